The van der Waals surface area contributed by atoms with Crippen molar-refractivity contribution in [2.45, 2.75) is 0 Å². The Morgan fingerprint density at radius 3 is 0.948 bits per heavy atom. The highest BCUT2D eigenvalue weighted by Crippen LogP contribution is 2.42. The Labute approximate surface area is 552 Å². The summed E-state index contributed by atoms with van der Waals surface area (Å²) in [4.78, 5) is 10.4. The van der Waals surface area contributed by atoms with Gasteiger partial charge in [-0.3, -0.25) is 0 Å². The fourth-order valence-corrected chi connectivity index (χ4v) is 14.9. The molecule has 0 aliphatic heterocycles. The van der Waals surface area contributed by atoms with Crippen molar-refractivity contribution in [3.05, 3.63) is 339 Å². The summed E-state index contributed by atoms with van der Waals surface area (Å²) in [7, 11) is 0. The Kier molecular flexibility index (Phi) is 12.5. The first-order chi connectivity index (χ1) is 47.5. The van der Waals surface area contributed by atoms with Crippen molar-refractivity contribution in [1.29, 1.82) is 5.26 Å². The summed E-state index contributed by atoms with van der Waals surface area (Å²) in [5.74, 6) is 0.547. The predicted octanol–water partition coefficient (Wildman–Crippen LogP) is 22.7. The van der Waals surface area contributed by atoms with Gasteiger partial charge in [0.2, 0.25) is 0 Å². The molecule has 0 aliphatic carbocycles. The minimum atomic E-state index is 0.547. The third-order valence-corrected chi connectivity index (χ3v) is 19.4. The van der Waals surface area contributed by atoms with E-state index in [0.29, 0.717) is 11.4 Å². The summed E-state index contributed by atoms with van der Waals surface area (Å²) in [5, 5.41) is 19.7. The largest absolute Gasteiger partial charge is 0.309 e. The quantitative estimate of drug-likeness (QED) is 0.137. The molecule has 0 N–H and O–H groups in total. The van der Waals surface area contributed by atoms with Gasteiger partial charge in [0.25, 0.3) is 0 Å². The van der Waals surface area contributed by atoms with Crippen LogP contribution in [0.5, 0.6) is 0 Å². The van der Waals surface area contributed by atoms with Gasteiger partial charge in [-0.2, -0.15) is 5.26 Å². The zero-order valence-corrected chi connectivity index (χ0v) is 51.9. The van der Waals surface area contributed by atoms with Gasteiger partial charge in [0.15, 0.2) is 5.82 Å². The van der Waals surface area contributed by atoms with Gasteiger partial charge in [-0.05, 0) is 173 Å². The average molecular weight is 1220 g/mol. The first-order valence-electron chi connectivity index (χ1n) is 32.5. The molecule has 446 valence electrons. The maximum Gasteiger partial charge on any atom is 0.160 e. The Morgan fingerprint density at radius 2 is 0.521 bits per heavy atom. The number of hydrogen-bond acceptors (Lipinski definition) is 3. The number of benzene rings is 14. The van der Waals surface area contributed by atoms with Crippen molar-refractivity contribution in [3.8, 4) is 96.1 Å². The predicted molar refractivity (Wildman–Crippen MR) is 397 cm³/mol. The summed E-state index contributed by atoms with van der Waals surface area (Å²) in [6.07, 6.45) is 0. The van der Waals surface area contributed by atoms with Crippen LogP contribution in [0.4, 0.5) is 0 Å². The molecule has 96 heavy (non-hydrogen) atoms. The van der Waals surface area contributed by atoms with Crippen molar-refractivity contribution in [2.24, 2.45) is 0 Å². The van der Waals surface area contributed by atoms with E-state index in [0.717, 1.165) is 84.0 Å². The SMILES string of the molecule is N#Cc1cccc(-c2nc(-c3ccc(-c4cccc(-n5c6ccccc6c6cc(-c7ccc8c(c7)c7ccccc7n8-c7ccccc7)ccc65)c4)cc3)cc(-c3ccc(-n4c5ccccc5c5cc(-c6ccc7c(c6)c6ccccc6n7-c6ccccc6)ccc54)cc3)n2)c1. The molecule has 14 aromatic carbocycles. The first kappa shape index (κ1) is 54.6. The monoisotopic (exact) mass is 1220 g/mol. The fraction of sp³-hybridized carbons (Fsp3) is 0. The summed E-state index contributed by atoms with van der Waals surface area (Å²) in [6, 6.07) is 122. The summed E-state index contributed by atoms with van der Waals surface area (Å²) < 4.78 is 9.49. The number of para-hydroxylation sites is 6. The molecule has 0 fully saturated rings. The van der Waals surface area contributed by atoms with Gasteiger partial charge in [-0.15, -0.1) is 0 Å². The van der Waals surface area contributed by atoms with Gasteiger partial charge in [0, 0.05) is 82.5 Å². The molecule has 19 rings (SSSR count). The van der Waals surface area contributed by atoms with Gasteiger partial charge in [0.1, 0.15) is 0 Å². The van der Waals surface area contributed by atoms with Crippen LogP contribution in [0.25, 0.3) is 177 Å². The van der Waals surface area contributed by atoms with E-state index in [1.54, 1.807) is 0 Å². The molecule has 19 aromatic rings. The zero-order chi connectivity index (χ0) is 63.4. The van der Waals surface area contributed by atoms with E-state index >= 15 is 0 Å². The van der Waals surface area contributed by atoms with E-state index in [9.17, 15) is 5.26 Å². The third-order valence-electron chi connectivity index (χ3n) is 19.4. The summed E-state index contributed by atoms with van der Waals surface area (Å²) in [5.41, 5.74) is 25.4. The lowest BCUT2D eigenvalue weighted by atomic mass is 10.0. The Balaban J connectivity index is 0.645. The second-order valence-electron chi connectivity index (χ2n) is 24.8. The van der Waals surface area contributed by atoms with E-state index in [1.165, 1.54) is 87.4 Å². The molecule has 0 unspecified atom stereocenters. The van der Waals surface area contributed by atoms with Crippen LogP contribution in [-0.4, -0.2) is 28.2 Å². The number of fused-ring (bicyclic) bond motifs is 12. The number of aromatic nitrogens is 6. The number of nitrogens with zero attached hydrogens (tertiary/aromatic N) is 7. The zero-order valence-electron chi connectivity index (χ0n) is 51.9. The van der Waals surface area contributed by atoms with Crippen LogP contribution in [-0.2, 0) is 0 Å². The molecule has 0 saturated heterocycles. The van der Waals surface area contributed by atoms with Gasteiger partial charge < -0.3 is 18.3 Å². The molecule has 5 heterocycles. The lowest BCUT2D eigenvalue weighted by Gasteiger charge is -2.13. The van der Waals surface area contributed by atoms with E-state index in [1.807, 2.05) is 24.3 Å². The van der Waals surface area contributed by atoms with Crippen LogP contribution in [0.2, 0.25) is 0 Å². The van der Waals surface area contributed by atoms with E-state index in [4.69, 9.17) is 9.97 Å². The molecule has 0 radical (unpaired) electrons. The van der Waals surface area contributed by atoms with E-state index < -0.39 is 0 Å². The minimum absolute atomic E-state index is 0.547. The van der Waals surface area contributed by atoms with E-state index in [2.05, 4.69) is 334 Å². The van der Waals surface area contributed by atoms with E-state index in [-0.39, 0.29) is 0 Å². The van der Waals surface area contributed by atoms with Crippen LogP contribution < -0.4 is 0 Å². The maximum atomic E-state index is 9.99. The molecule has 0 saturated carbocycles. The van der Waals surface area contributed by atoms with Crippen molar-refractivity contribution < 1.29 is 0 Å². The lowest BCUT2D eigenvalue weighted by Crippen LogP contribution is -1.97. The third kappa shape index (κ3) is 8.89. The molecular formula is C89H55N7. The maximum absolute atomic E-state index is 9.99. The van der Waals surface area contributed by atoms with Gasteiger partial charge in [0.05, 0.1) is 67.2 Å². The average Bonchev–Trinajstić information content (AvgIpc) is 1.60. The topological polar surface area (TPSA) is 69.3 Å². The van der Waals surface area contributed by atoms with Gasteiger partial charge in [-0.25, -0.2) is 9.97 Å². The lowest BCUT2D eigenvalue weighted by molar-refractivity contribution is 1.17. The highest BCUT2D eigenvalue weighted by atomic mass is 15.0. The Hall–Kier alpha value is -13.2. The van der Waals surface area contributed by atoms with Crippen molar-refractivity contribution in [1.82, 2.24) is 28.2 Å². The van der Waals surface area contributed by atoms with Crippen molar-refractivity contribution >= 4 is 87.2 Å². The van der Waals surface area contributed by atoms with Gasteiger partial charge >= 0.3 is 0 Å². The standard InChI is InChI=1S/C89H55N7/c90-56-57-17-15-19-66(49-57)89-91-79(55-80(92-89)60-37-43-69(44-38-60)95-83-31-13-9-27-73(83)77-53-64(41-47-87(77)95)62-39-45-85-75(51-62)71-25-7-11-29-81(71)93(85)67-20-3-1-4-21-67)59-35-33-58(34-36-59)61-18-16-24-70(50-61)96-84-32-14-10-28-74(84)78-54-65(42-48-88(78)96)63-40-46-86-76(52-63)72-26-8-12-30-82(72)94(86)68-22-5-2-6-23-68/h1-55H. The highest BCUT2D eigenvalue weighted by molar-refractivity contribution is 6.15. The van der Waals surface area contributed by atoms with Crippen molar-refractivity contribution in [3.63, 3.8) is 0 Å². The molecule has 0 spiro atoms. The molecule has 0 aliphatic rings. The molecule has 0 amide bonds. The summed E-state index contributed by atoms with van der Waals surface area (Å²) in [6.45, 7) is 0. The van der Waals surface area contributed by atoms with Crippen LogP contribution >= 0.6 is 0 Å². The molecule has 0 atom stereocenters. The molecular weight excluding hydrogens is 1170 g/mol. The van der Waals surface area contributed by atoms with Gasteiger partial charge in [-0.1, -0.05) is 194 Å². The smallest absolute Gasteiger partial charge is 0.160 e. The fourth-order valence-electron chi connectivity index (χ4n) is 14.9. The van der Waals surface area contributed by atoms with Crippen LogP contribution in [0.3, 0.4) is 0 Å². The minimum Gasteiger partial charge on any atom is -0.309 e. The normalized spacial score (nSPS) is 11.7. The number of nitriles is 1. The molecule has 5 aromatic heterocycles. The van der Waals surface area contributed by atoms with Crippen molar-refractivity contribution in [2.75, 3.05) is 0 Å². The number of hydrogen-bond donors (Lipinski definition) is 0. The Morgan fingerprint density at radius 1 is 0.208 bits per heavy atom. The summed E-state index contributed by atoms with van der Waals surface area (Å²) >= 11 is 0. The molecule has 0 bridgehead atoms. The first-order valence-corrected chi connectivity index (χ1v) is 32.5. The number of rotatable bonds is 10. The van der Waals surface area contributed by atoms with Crippen LogP contribution in [0.15, 0.2) is 334 Å². The second-order valence-corrected chi connectivity index (χ2v) is 24.8. The van der Waals surface area contributed by atoms with Crippen LogP contribution in [0, 0.1) is 11.3 Å². The molecule has 7 heteroatoms. The van der Waals surface area contributed by atoms with Crippen LogP contribution in [0.1, 0.15) is 5.56 Å². The second kappa shape index (κ2) is 22.0. The Bertz CT molecular complexity index is 6380. The molecule has 7 nitrogen and oxygen atoms in total. The highest BCUT2D eigenvalue weighted by Gasteiger charge is 2.21.